The Hall–Kier alpha value is -3.07. The van der Waals surface area contributed by atoms with Crippen LogP contribution in [0, 0.1) is 17.1 Å². The first-order chi connectivity index (χ1) is 10.5. The van der Waals surface area contributed by atoms with E-state index in [0.717, 1.165) is 0 Å². The van der Waals surface area contributed by atoms with Crippen LogP contribution in [-0.4, -0.2) is 20.0 Å². The number of nitriles is 1. The lowest BCUT2D eigenvalue weighted by Crippen LogP contribution is -2.14. The number of carbonyl (C=O) groups is 1. The summed E-state index contributed by atoms with van der Waals surface area (Å²) in [5, 5.41) is 11.5. The van der Waals surface area contributed by atoms with Crippen LogP contribution >= 0.6 is 0 Å². The number of rotatable bonds is 4. The molecule has 1 heterocycles. The van der Waals surface area contributed by atoms with E-state index in [9.17, 15) is 9.18 Å². The van der Waals surface area contributed by atoms with Gasteiger partial charge in [-0.3, -0.25) is 4.79 Å². The summed E-state index contributed by atoms with van der Waals surface area (Å²) >= 11 is 0. The van der Waals surface area contributed by atoms with Crippen LogP contribution in [0.3, 0.4) is 0 Å². The zero-order valence-electron chi connectivity index (χ0n) is 12.1. The summed E-state index contributed by atoms with van der Waals surface area (Å²) in [6.45, 7) is 0. The molecular weight excluding hydrogens is 285 g/mol. The molecule has 0 saturated carbocycles. The lowest BCUT2D eigenvalue weighted by Gasteiger charge is -2.06. The molecule has 0 fully saturated rings. The van der Waals surface area contributed by atoms with Crippen molar-refractivity contribution in [2.24, 2.45) is 0 Å². The maximum absolute atomic E-state index is 13.5. The van der Waals surface area contributed by atoms with Crippen LogP contribution < -0.4 is 10.2 Å². The topological polar surface area (TPSA) is 69.3 Å². The molecule has 0 spiro atoms. The number of halogens is 1. The van der Waals surface area contributed by atoms with E-state index in [0.29, 0.717) is 11.6 Å². The molecule has 1 N–H and O–H groups in total. The Morgan fingerprint density at radius 1 is 1.32 bits per heavy atom. The number of benzene rings is 1. The number of furan rings is 1. The van der Waals surface area contributed by atoms with Gasteiger partial charge in [0, 0.05) is 26.2 Å². The number of amides is 1. The van der Waals surface area contributed by atoms with Crippen molar-refractivity contribution >= 4 is 23.6 Å². The minimum Gasteiger partial charge on any atom is -0.441 e. The number of para-hydroxylation sites is 1. The molecule has 0 radical (unpaired) electrons. The molecule has 0 saturated heterocycles. The molecule has 0 aliphatic rings. The smallest absolute Gasteiger partial charge is 0.266 e. The summed E-state index contributed by atoms with van der Waals surface area (Å²) in [6.07, 6.45) is 1.31. The normalized spacial score (nSPS) is 10.9. The second kappa shape index (κ2) is 6.59. The summed E-state index contributed by atoms with van der Waals surface area (Å²) < 4.78 is 18.9. The summed E-state index contributed by atoms with van der Waals surface area (Å²) in [6, 6.07) is 10.9. The average molecular weight is 299 g/mol. The minimum atomic E-state index is -0.699. The van der Waals surface area contributed by atoms with Gasteiger partial charge in [0.2, 0.25) is 0 Å². The number of anilines is 2. The van der Waals surface area contributed by atoms with Gasteiger partial charge in [-0.05, 0) is 18.2 Å². The summed E-state index contributed by atoms with van der Waals surface area (Å²) in [5.41, 5.74) is -0.162. The predicted octanol–water partition coefficient (Wildman–Crippen LogP) is 3.03. The Balaban J connectivity index is 2.20. The van der Waals surface area contributed by atoms with E-state index >= 15 is 0 Å². The Bertz CT molecular complexity index is 757. The highest BCUT2D eigenvalue weighted by Gasteiger charge is 2.13. The average Bonchev–Trinajstić information content (AvgIpc) is 2.96. The molecule has 1 aromatic carbocycles. The molecule has 1 amide bonds. The summed E-state index contributed by atoms with van der Waals surface area (Å²) in [5.74, 6) is -0.307. The van der Waals surface area contributed by atoms with Gasteiger partial charge in [-0.25, -0.2) is 4.39 Å². The molecule has 0 aliphatic carbocycles. The van der Waals surface area contributed by atoms with Gasteiger partial charge < -0.3 is 14.6 Å². The molecule has 0 unspecified atom stereocenters. The number of carbonyl (C=O) groups excluding carboxylic acids is 1. The Morgan fingerprint density at radius 3 is 2.64 bits per heavy atom. The van der Waals surface area contributed by atoms with E-state index in [-0.39, 0.29) is 11.3 Å². The van der Waals surface area contributed by atoms with E-state index in [2.05, 4.69) is 5.32 Å². The molecule has 0 bridgehead atoms. The molecule has 6 heteroatoms. The van der Waals surface area contributed by atoms with E-state index in [1.165, 1.54) is 24.3 Å². The van der Waals surface area contributed by atoms with Gasteiger partial charge in [-0.15, -0.1) is 0 Å². The third-order valence-corrected chi connectivity index (χ3v) is 2.83. The van der Waals surface area contributed by atoms with Crippen molar-refractivity contribution in [1.29, 1.82) is 5.26 Å². The second-order valence-corrected chi connectivity index (χ2v) is 4.67. The fraction of sp³-hybridized carbons (Fsp3) is 0.125. The summed E-state index contributed by atoms with van der Waals surface area (Å²) in [7, 11) is 3.62. The monoisotopic (exact) mass is 299 g/mol. The molecule has 112 valence electrons. The highest BCUT2D eigenvalue weighted by molar-refractivity contribution is 6.09. The van der Waals surface area contributed by atoms with Crippen LogP contribution in [0.2, 0.25) is 0 Å². The molecule has 0 atom stereocenters. The van der Waals surface area contributed by atoms with E-state index in [4.69, 9.17) is 9.68 Å². The zero-order chi connectivity index (χ0) is 16.1. The first kappa shape index (κ1) is 15.3. The van der Waals surface area contributed by atoms with Gasteiger partial charge in [0.05, 0.1) is 5.69 Å². The van der Waals surface area contributed by atoms with Crippen LogP contribution in [0.4, 0.5) is 16.0 Å². The maximum Gasteiger partial charge on any atom is 0.266 e. The fourth-order valence-electron chi connectivity index (χ4n) is 1.70. The zero-order valence-corrected chi connectivity index (χ0v) is 12.1. The summed E-state index contributed by atoms with van der Waals surface area (Å²) in [4.78, 5) is 13.8. The third kappa shape index (κ3) is 3.52. The van der Waals surface area contributed by atoms with Gasteiger partial charge >= 0.3 is 0 Å². The van der Waals surface area contributed by atoms with Gasteiger partial charge in [0.25, 0.3) is 5.91 Å². The van der Waals surface area contributed by atoms with Crippen molar-refractivity contribution < 1.29 is 13.6 Å². The van der Waals surface area contributed by atoms with E-state index in [1.807, 2.05) is 14.1 Å². The van der Waals surface area contributed by atoms with Crippen molar-refractivity contribution in [2.75, 3.05) is 24.3 Å². The Morgan fingerprint density at radius 2 is 2.05 bits per heavy atom. The highest BCUT2D eigenvalue weighted by Crippen LogP contribution is 2.19. The molecule has 2 aromatic rings. The van der Waals surface area contributed by atoms with Crippen LogP contribution in [0.25, 0.3) is 6.08 Å². The quantitative estimate of drug-likeness (QED) is 0.696. The minimum absolute atomic E-state index is 0.0158. The van der Waals surface area contributed by atoms with Crippen LogP contribution in [0.1, 0.15) is 5.76 Å². The van der Waals surface area contributed by atoms with Gasteiger partial charge in [-0.1, -0.05) is 12.1 Å². The van der Waals surface area contributed by atoms with Crippen LogP contribution in [-0.2, 0) is 4.79 Å². The number of nitrogens with one attached hydrogen (secondary N) is 1. The van der Waals surface area contributed by atoms with Crippen molar-refractivity contribution in [3.8, 4) is 6.07 Å². The van der Waals surface area contributed by atoms with E-state index < -0.39 is 11.7 Å². The molecule has 1 aromatic heterocycles. The van der Waals surface area contributed by atoms with E-state index in [1.54, 1.807) is 29.2 Å². The fourth-order valence-corrected chi connectivity index (χ4v) is 1.70. The predicted molar refractivity (Wildman–Crippen MR) is 81.7 cm³/mol. The lowest BCUT2D eigenvalue weighted by atomic mass is 10.2. The SMILES string of the molecule is CN(C)c1ccc(C=C(C#N)C(=O)Nc2ccccc2F)o1. The molecule has 22 heavy (non-hydrogen) atoms. The Labute approximate surface area is 127 Å². The van der Waals surface area contributed by atoms with Gasteiger partial charge in [0.15, 0.2) is 5.88 Å². The number of nitrogens with zero attached hydrogens (tertiary/aromatic N) is 2. The third-order valence-electron chi connectivity index (χ3n) is 2.83. The van der Waals surface area contributed by atoms with Crippen molar-refractivity contribution in [1.82, 2.24) is 0 Å². The van der Waals surface area contributed by atoms with Crippen molar-refractivity contribution in [3.05, 3.63) is 53.5 Å². The standard InChI is InChI=1S/C16H14FN3O2/c1-20(2)15-8-7-12(22-15)9-11(10-18)16(21)19-14-6-4-3-5-13(14)17/h3-9H,1-2H3,(H,19,21). The highest BCUT2D eigenvalue weighted by atomic mass is 19.1. The van der Waals surface area contributed by atoms with Crippen LogP contribution in [0.15, 0.2) is 46.4 Å². The molecule has 0 aliphatic heterocycles. The maximum atomic E-state index is 13.5. The molecular formula is C16H14FN3O2. The van der Waals surface area contributed by atoms with Crippen molar-refractivity contribution in [3.63, 3.8) is 0 Å². The largest absolute Gasteiger partial charge is 0.441 e. The first-order valence-corrected chi connectivity index (χ1v) is 6.46. The van der Waals surface area contributed by atoms with Crippen molar-refractivity contribution in [2.45, 2.75) is 0 Å². The lowest BCUT2D eigenvalue weighted by molar-refractivity contribution is -0.112. The van der Waals surface area contributed by atoms with Gasteiger partial charge in [-0.2, -0.15) is 5.26 Å². The molecule has 5 nitrogen and oxygen atoms in total. The number of hydrogen-bond acceptors (Lipinski definition) is 4. The molecule has 2 rings (SSSR count). The van der Waals surface area contributed by atoms with Crippen LogP contribution in [0.5, 0.6) is 0 Å². The second-order valence-electron chi connectivity index (χ2n) is 4.67. The van der Waals surface area contributed by atoms with Gasteiger partial charge in [0.1, 0.15) is 23.2 Å². The first-order valence-electron chi connectivity index (χ1n) is 6.46. The number of hydrogen-bond donors (Lipinski definition) is 1. The Kier molecular flexibility index (Phi) is 4.59.